The minimum atomic E-state index is -0.0531. The lowest BCUT2D eigenvalue weighted by Gasteiger charge is -2.24. The zero-order valence-electron chi connectivity index (χ0n) is 17.1. The molecule has 0 bridgehead atoms. The average molecular weight is 418 g/mol. The van der Waals surface area contributed by atoms with Crippen molar-refractivity contribution in [1.82, 2.24) is 4.90 Å². The standard InChI is InChI=1S/C22H27NO5S/c1-25-19-12-16(13-20(26-2)22(19)27-3)8-9-21(24)23(14-17-6-4-10-28-17)15-18-7-5-11-29-18/h5,7-9,11-13,17H,4,6,10,14-15H2,1-3H3/b9-8+/t17-/m1/s1. The van der Waals surface area contributed by atoms with E-state index in [0.717, 1.165) is 29.9 Å². The molecule has 2 aromatic rings. The molecule has 1 aromatic heterocycles. The van der Waals surface area contributed by atoms with E-state index in [4.69, 9.17) is 18.9 Å². The van der Waals surface area contributed by atoms with E-state index in [9.17, 15) is 4.79 Å². The van der Waals surface area contributed by atoms with Crippen LogP contribution in [-0.2, 0) is 16.1 Å². The smallest absolute Gasteiger partial charge is 0.246 e. The maximum Gasteiger partial charge on any atom is 0.246 e. The third-order valence-electron chi connectivity index (χ3n) is 4.79. The molecule has 0 radical (unpaired) electrons. The van der Waals surface area contributed by atoms with E-state index in [0.29, 0.717) is 30.3 Å². The topological polar surface area (TPSA) is 57.2 Å². The Labute approximate surface area is 175 Å². The van der Waals surface area contributed by atoms with Crippen molar-refractivity contribution in [1.29, 1.82) is 0 Å². The molecule has 1 amide bonds. The van der Waals surface area contributed by atoms with Gasteiger partial charge >= 0.3 is 0 Å². The van der Waals surface area contributed by atoms with Gasteiger partial charge in [-0.1, -0.05) is 6.07 Å². The zero-order chi connectivity index (χ0) is 20.6. The normalized spacial score (nSPS) is 16.2. The third kappa shape index (κ3) is 5.52. The van der Waals surface area contributed by atoms with Gasteiger partial charge in [0.05, 0.1) is 34.0 Å². The van der Waals surface area contributed by atoms with Crippen molar-refractivity contribution < 1.29 is 23.7 Å². The molecule has 2 heterocycles. The quantitative estimate of drug-likeness (QED) is 0.578. The largest absolute Gasteiger partial charge is 0.493 e. The van der Waals surface area contributed by atoms with Crippen LogP contribution in [0, 0.1) is 0 Å². The number of rotatable bonds is 9. The van der Waals surface area contributed by atoms with Gasteiger partial charge < -0.3 is 23.8 Å². The van der Waals surface area contributed by atoms with Crippen molar-refractivity contribution in [3.05, 3.63) is 46.2 Å². The van der Waals surface area contributed by atoms with E-state index in [-0.39, 0.29) is 12.0 Å². The van der Waals surface area contributed by atoms with Gasteiger partial charge in [-0.05, 0) is 48.1 Å². The van der Waals surface area contributed by atoms with Crippen LogP contribution in [0.3, 0.4) is 0 Å². The Morgan fingerprint density at radius 1 is 1.24 bits per heavy atom. The summed E-state index contributed by atoms with van der Waals surface area (Å²) in [5.41, 5.74) is 0.793. The van der Waals surface area contributed by atoms with Gasteiger partial charge in [-0.2, -0.15) is 0 Å². The van der Waals surface area contributed by atoms with Crippen molar-refractivity contribution >= 4 is 23.3 Å². The van der Waals surface area contributed by atoms with Crippen molar-refractivity contribution in [2.45, 2.75) is 25.5 Å². The number of thiophene rings is 1. The first-order valence-electron chi connectivity index (χ1n) is 9.55. The summed E-state index contributed by atoms with van der Waals surface area (Å²) in [4.78, 5) is 16.0. The summed E-state index contributed by atoms with van der Waals surface area (Å²) in [7, 11) is 4.70. The summed E-state index contributed by atoms with van der Waals surface area (Å²) >= 11 is 1.65. The monoisotopic (exact) mass is 417 g/mol. The van der Waals surface area contributed by atoms with Crippen LogP contribution in [0.1, 0.15) is 23.3 Å². The molecule has 156 valence electrons. The first-order chi connectivity index (χ1) is 14.1. The van der Waals surface area contributed by atoms with Crippen molar-refractivity contribution in [3.8, 4) is 17.2 Å². The molecule has 0 aliphatic carbocycles. The molecule has 1 atom stereocenters. The molecule has 0 unspecified atom stereocenters. The lowest BCUT2D eigenvalue weighted by atomic mass is 10.1. The van der Waals surface area contributed by atoms with E-state index in [1.54, 1.807) is 44.8 Å². The molecule has 1 fully saturated rings. The van der Waals surface area contributed by atoms with Crippen LogP contribution in [0.25, 0.3) is 6.08 Å². The number of carbonyl (C=O) groups is 1. The summed E-state index contributed by atoms with van der Waals surface area (Å²) in [6.07, 6.45) is 5.50. The fourth-order valence-corrected chi connectivity index (χ4v) is 4.05. The molecular weight excluding hydrogens is 390 g/mol. The van der Waals surface area contributed by atoms with Crippen LogP contribution in [-0.4, -0.2) is 51.4 Å². The lowest BCUT2D eigenvalue weighted by Crippen LogP contribution is -2.35. The second-order valence-electron chi connectivity index (χ2n) is 6.73. The number of hydrogen-bond donors (Lipinski definition) is 0. The van der Waals surface area contributed by atoms with E-state index < -0.39 is 0 Å². The molecule has 1 saturated heterocycles. The molecule has 0 spiro atoms. The molecule has 3 rings (SSSR count). The Morgan fingerprint density at radius 3 is 2.55 bits per heavy atom. The first kappa shape index (κ1) is 21.2. The van der Waals surface area contributed by atoms with Gasteiger partial charge in [0.25, 0.3) is 0 Å². The summed E-state index contributed by atoms with van der Waals surface area (Å²) in [5.74, 6) is 1.57. The Bertz CT molecular complexity index is 803. The molecule has 29 heavy (non-hydrogen) atoms. The van der Waals surface area contributed by atoms with E-state index in [1.807, 2.05) is 34.5 Å². The highest BCUT2D eigenvalue weighted by molar-refractivity contribution is 7.09. The van der Waals surface area contributed by atoms with Crippen LogP contribution in [0.5, 0.6) is 17.2 Å². The molecule has 1 aromatic carbocycles. The summed E-state index contributed by atoms with van der Waals surface area (Å²) < 4.78 is 21.9. The second-order valence-corrected chi connectivity index (χ2v) is 7.76. The number of benzene rings is 1. The lowest BCUT2D eigenvalue weighted by molar-refractivity contribution is -0.128. The minimum absolute atomic E-state index is 0.0531. The van der Waals surface area contributed by atoms with Gasteiger partial charge in [-0.3, -0.25) is 4.79 Å². The van der Waals surface area contributed by atoms with Gasteiger partial charge in [0, 0.05) is 24.1 Å². The van der Waals surface area contributed by atoms with E-state index in [1.165, 1.54) is 0 Å². The SMILES string of the molecule is COc1cc(/C=C/C(=O)N(Cc2cccs2)C[C@H]2CCCO2)cc(OC)c1OC. The van der Waals surface area contributed by atoms with Gasteiger partial charge in [-0.25, -0.2) is 0 Å². The number of hydrogen-bond acceptors (Lipinski definition) is 6. The Kier molecular flexibility index (Phi) is 7.55. The molecule has 0 saturated carbocycles. The number of ether oxygens (including phenoxy) is 4. The first-order valence-corrected chi connectivity index (χ1v) is 10.4. The van der Waals surface area contributed by atoms with Crippen LogP contribution < -0.4 is 14.2 Å². The van der Waals surface area contributed by atoms with Crippen LogP contribution in [0.15, 0.2) is 35.7 Å². The second kappa shape index (κ2) is 10.3. The van der Waals surface area contributed by atoms with Crippen molar-refractivity contribution in [2.75, 3.05) is 34.5 Å². The molecule has 1 aliphatic heterocycles. The number of nitrogens with zero attached hydrogens (tertiary/aromatic N) is 1. The maximum absolute atomic E-state index is 13.0. The molecule has 7 heteroatoms. The van der Waals surface area contributed by atoms with Crippen molar-refractivity contribution in [2.24, 2.45) is 0 Å². The number of methoxy groups -OCH3 is 3. The summed E-state index contributed by atoms with van der Waals surface area (Å²) in [5, 5.41) is 2.02. The van der Waals surface area contributed by atoms with Gasteiger partial charge in [-0.15, -0.1) is 11.3 Å². The van der Waals surface area contributed by atoms with Gasteiger partial charge in [0.2, 0.25) is 11.7 Å². The molecule has 0 N–H and O–H groups in total. The predicted octanol–water partition coefficient (Wildman–Crippen LogP) is 3.99. The average Bonchev–Trinajstić information content (AvgIpc) is 3.44. The fraction of sp³-hybridized carbons (Fsp3) is 0.409. The zero-order valence-corrected chi connectivity index (χ0v) is 17.9. The highest BCUT2D eigenvalue weighted by Crippen LogP contribution is 2.38. The Hall–Kier alpha value is -2.51. The highest BCUT2D eigenvalue weighted by atomic mass is 32.1. The fourth-order valence-electron chi connectivity index (χ4n) is 3.33. The number of carbonyl (C=O) groups excluding carboxylic acids is 1. The Balaban J connectivity index is 1.77. The predicted molar refractivity (Wildman–Crippen MR) is 114 cm³/mol. The summed E-state index contributed by atoms with van der Waals surface area (Å²) in [6, 6.07) is 7.67. The Morgan fingerprint density at radius 2 is 2.00 bits per heavy atom. The van der Waals surface area contributed by atoms with Gasteiger partial charge in [0.15, 0.2) is 11.5 Å². The molecule has 1 aliphatic rings. The maximum atomic E-state index is 13.0. The van der Waals surface area contributed by atoms with Crippen molar-refractivity contribution in [3.63, 3.8) is 0 Å². The van der Waals surface area contributed by atoms with Gasteiger partial charge in [0.1, 0.15) is 0 Å². The van der Waals surface area contributed by atoms with Crippen LogP contribution in [0.4, 0.5) is 0 Å². The highest BCUT2D eigenvalue weighted by Gasteiger charge is 2.22. The number of amides is 1. The third-order valence-corrected chi connectivity index (χ3v) is 5.65. The van der Waals surface area contributed by atoms with Crippen LogP contribution in [0.2, 0.25) is 0 Å². The van der Waals surface area contributed by atoms with Crippen LogP contribution >= 0.6 is 11.3 Å². The summed E-state index contributed by atoms with van der Waals surface area (Å²) in [6.45, 7) is 1.94. The van der Waals surface area contributed by atoms with E-state index in [2.05, 4.69) is 0 Å². The van der Waals surface area contributed by atoms with E-state index >= 15 is 0 Å². The molecular formula is C22H27NO5S. The minimum Gasteiger partial charge on any atom is -0.493 e. The molecule has 6 nitrogen and oxygen atoms in total.